The summed E-state index contributed by atoms with van der Waals surface area (Å²) in [6.45, 7) is -0.201. The molecule has 23 heavy (non-hydrogen) atoms. The van der Waals surface area contributed by atoms with Crippen LogP contribution in [0.25, 0.3) is 11.2 Å². The summed E-state index contributed by atoms with van der Waals surface area (Å²) >= 11 is 6.10. The molecule has 0 aliphatic carbocycles. The van der Waals surface area contributed by atoms with Crippen LogP contribution in [0, 0.1) is 0 Å². The van der Waals surface area contributed by atoms with Gasteiger partial charge in [0, 0.05) is 0 Å². The van der Waals surface area contributed by atoms with Crippen molar-refractivity contribution in [1.29, 1.82) is 0 Å². The number of nitrogens with zero attached hydrogens (tertiary/aromatic N) is 4. The van der Waals surface area contributed by atoms with Crippen LogP contribution >= 0.6 is 19.4 Å². The fourth-order valence-electron chi connectivity index (χ4n) is 2.67. The zero-order valence-electron chi connectivity index (χ0n) is 11.3. The fraction of sp³-hybridized carbons (Fsp3) is 0.500. The van der Waals surface area contributed by atoms with Crippen molar-refractivity contribution in [3.63, 3.8) is 0 Å². The van der Waals surface area contributed by atoms with Crippen molar-refractivity contribution < 1.29 is 28.3 Å². The first-order valence-electron chi connectivity index (χ1n) is 6.50. The van der Waals surface area contributed by atoms with E-state index in [-0.39, 0.29) is 28.9 Å². The number of aromatic nitrogens is 4. The molecule has 2 aromatic rings. The summed E-state index contributed by atoms with van der Waals surface area (Å²) in [4.78, 5) is 21.3. The second-order valence-corrected chi connectivity index (χ2v) is 6.82. The third-order valence-corrected chi connectivity index (χ3v) is 4.93. The Kier molecular flexibility index (Phi) is 3.36. The van der Waals surface area contributed by atoms with Crippen LogP contribution in [0.15, 0.2) is 6.33 Å². The lowest BCUT2D eigenvalue weighted by Crippen LogP contribution is -2.39. The molecule has 0 aromatic carbocycles. The Hall–Kier alpha value is -1.33. The molecule has 0 amide bonds. The van der Waals surface area contributed by atoms with E-state index >= 15 is 0 Å². The number of rotatable bonds is 1. The Balaban J connectivity index is 1.76. The molecule has 4 rings (SSSR count). The number of anilines is 1. The molecule has 5 atom stereocenters. The van der Waals surface area contributed by atoms with Crippen LogP contribution in [-0.2, 0) is 18.3 Å². The van der Waals surface area contributed by atoms with Gasteiger partial charge in [0.2, 0.25) is 5.28 Å². The van der Waals surface area contributed by atoms with E-state index in [4.69, 9.17) is 26.6 Å². The van der Waals surface area contributed by atoms with Gasteiger partial charge in [-0.3, -0.25) is 13.6 Å². The number of fused-ring (bicyclic) bond motifs is 2. The van der Waals surface area contributed by atoms with Crippen LogP contribution in [0.5, 0.6) is 0 Å². The molecule has 2 aliphatic heterocycles. The lowest BCUT2D eigenvalue weighted by molar-refractivity contribution is -0.0663. The number of ether oxygens (including phenoxy) is 1. The molecule has 0 spiro atoms. The van der Waals surface area contributed by atoms with Crippen molar-refractivity contribution >= 4 is 36.4 Å². The highest BCUT2D eigenvalue weighted by Crippen LogP contribution is 2.52. The molecule has 124 valence electrons. The average Bonchev–Trinajstić information content (AvgIpc) is 2.97. The number of halogens is 1. The molecule has 2 aromatic heterocycles. The molecule has 2 unspecified atom stereocenters. The predicted octanol–water partition coefficient (Wildman–Crippen LogP) is -0.164. The molecule has 13 heteroatoms. The first-order valence-corrected chi connectivity index (χ1v) is 8.38. The van der Waals surface area contributed by atoms with Crippen LogP contribution in [0.3, 0.4) is 0 Å². The molecule has 2 fully saturated rings. The number of aliphatic hydroxyl groups excluding tert-OH is 1. The van der Waals surface area contributed by atoms with E-state index in [1.807, 2.05) is 0 Å². The monoisotopic (exact) mass is 363 g/mol. The van der Waals surface area contributed by atoms with Gasteiger partial charge in [-0.1, -0.05) is 0 Å². The SMILES string of the molecule is Nc1ncnc2c1nc(Cl)n2[C@@H]1O[C@@H]2COP(=O)(O)O[C@@H]2C1O. The Morgan fingerprint density at radius 1 is 1.48 bits per heavy atom. The van der Waals surface area contributed by atoms with E-state index in [1.165, 1.54) is 10.9 Å². The molecule has 0 radical (unpaired) electrons. The molecule has 4 N–H and O–H groups in total. The van der Waals surface area contributed by atoms with Crippen LogP contribution in [0.4, 0.5) is 5.82 Å². The first kappa shape index (κ1) is 15.2. The van der Waals surface area contributed by atoms with Gasteiger partial charge >= 0.3 is 7.82 Å². The smallest absolute Gasteiger partial charge is 0.386 e. The number of hydrogen-bond donors (Lipinski definition) is 3. The summed E-state index contributed by atoms with van der Waals surface area (Å²) in [5.41, 5.74) is 6.24. The summed E-state index contributed by atoms with van der Waals surface area (Å²) in [6.07, 6.45) is -2.87. The largest absolute Gasteiger partial charge is 0.472 e. The minimum atomic E-state index is -4.21. The maximum absolute atomic E-state index is 11.5. The minimum absolute atomic E-state index is 0.0250. The molecular formula is C10H11ClN5O6P. The maximum Gasteiger partial charge on any atom is 0.472 e. The van der Waals surface area contributed by atoms with Crippen LogP contribution < -0.4 is 5.73 Å². The van der Waals surface area contributed by atoms with Crippen molar-refractivity contribution in [2.45, 2.75) is 24.5 Å². The summed E-state index contributed by atoms with van der Waals surface area (Å²) in [6, 6.07) is 0. The van der Waals surface area contributed by atoms with Gasteiger partial charge < -0.3 is 20.5 Å². The number of nitrogens with two attached hydrogens (primary N) is 1. The quantitative estimate of drug-likeness (QED) is 0.459. The fourth-order valence-corrected chi connectivity index (χ4v) is 3.90. The average molecular weight is 364 g/mol. The number of phosphoric acid groups is 1. The topological polar surface area (TPSA) is 155 Å². The van der Waals surface area contributed by atoms with Gasteiger partial charge in [0.25, 0.3) is 0 Å². The Labute approximate surface area is 133 Å². The summed E-state index contributed by atoms with van der Waals surface area (Å²) < 4.78 is 28.0. The van der Waals surface area contributed by atoms with Gasteiger partial charge in [-0.2, -0.15) is 0 Å². The molecule has 0 bridgehead atoms. The molecule has 0 saturated carbocycles. The lowest BCUT2D eigenvalue weighted by atomic mass is 10.1. The number of phosphoric ester groups is 1. The van der Waals surface area contributed by atoms with Gasteiger partial charge in [-0.05, 0) is 11.6 Å². The van der Waals surface area contributed by atoms with Gasteiger partial charge in [0.15, 0.2) is 23.2 Å². The standard InChI is InChI=1S/C10H11ClN5O6P/c11-10-15-4-7(12)13-2-14-8(4)16(10)9-5(17)6-3(21-9)1-20-23(18,19)22-6/h2-3,5-6,9,17H,1H2,(H,18,19)(H2,12,13,14)/t3-,5?,6+,9-/m1/s1. The van der Waals surface area contributed by atoms with E-state index in [0.29, 0.717) is 0 Å². The number of aliphatic hydroxyl groups is 1. The number of hydrogen-bond acceptors (Lipinski definition) is 9. The summed E-state index contributed by atoms with van der Waals surface area (Å²) in [5.74, 6) is 0.125. The Bertz CT molecular complexity index is 831. The van der Waals surface area contributed by atoms with Crippen LogP contribution in [0.2, 0.25) is 5.28 Å². The van der Waals surface area contributed by atoms with Crippen molar-refractivity contribution in [2.24, 2.45) is 0 Å². The van der Waals surface area contributed by atoms with E-state index in [2.05, 4.69) is 19.5 Å². The molecular weight excluding hydrogens is 353 g/mol. The molecule has 11 nitrogen and oxygen atoms in total. The highest BCUT2D eigenvalue weighted by molar-refractivity contribution is 7.47. The van der Waals surface area contributed by atoms with Crippen LogP contribution in [0.1, 0.15) is 6.23 Å². The lowest BCUT2D eigenvalue weighted by Gasteiger charge is -2.27. The van der Waals surface area contributed by atoms with E-state index in [0.717, 1.165) is 0 Å². The second-order valence-electron chi connectivity index (χ2n) is 5.07. The summed E-state index contributed by atoms with van der Waals surface area (Å²) in [7, 11) is -4.21. The molecule has 4 heterocycles. The van der Waals surface area contributed by atoms with Gasteiger partial charge in [0.1, 0.15) is 24.6 Å². The van der Waals surface area contributed by atoms with Crippen molar-refractivity contribution in [3.05, 3.63) is 11.6 Å². The van der Waals surface area contributed by atoms with Crippen molar-refractivity contribution in [3.8, 4) is 0 Å². The summed E-state index contributed by atoms with van der Waals surface area (Å²) in [5, 5.41) is 10.4. The third kappa shape index (κ3) is 2.32. The maximum atomic E-state index is 11.5. The van der Waals surface area contributed by atoms with Gasteiger partial charge in [-0.25, -0.2) is 19.5 Å². The second kappa shape index (κ2) is 5.08. The van der Waals surface area contributed by atoms with E-state index in [9.17, 15) is 14.6 Å². The highest BCUT2D eigenvalue weighted by Gasteiger charge is 2.53. The van der Waals surface area contributed by atoms with Crippen molar-refractivity contribution in [2.75, 3.05) is 12.3 Å². The van der Waals surface area contributed by atoms with E-state index < -0.39 is 32.4 Å². The Morgan fingerprint density at radius 2 is 2.26 bits per heavy atom. The number of nitrogen functional groups attached to an aromatic ring is 1. The third-order valence-electron chi connectivity index (χ3n) is 3.68. The molecule has 2 aliphatic rings. The Morgan fingerprint density at radius 3 is 3.04 bits per heavy atom. The number of imidazole rings is 1. The minimum Gasteiger partial charge on any atom is -0.386 e. The van der Waals surface area contributed by atoms with Crippen molar-refractivity contribution in [1.82, 2.24) is 19.5 Å². The van der Waals surface area contributed by atoms with E-state index in [1.54, 1.807) is 0 Å². The molecule has 2 saturated heterocycles. The zero-order valence-corrected chi connectivity index (χ0v) is 13.0. The van der Waals surface area contributed by atoms with Crippen LogP contribution in [-0.4, -0.2) is 54.4 Å². The predicted molar refractivity (Wildman–Crippen MR) is 75.3 cm³/mol. The van der Waals surface area contributed by atoms with Gasteiger partial charge in [0.05, 0.1) is 6.61 Å². The first-order chi connectivity index (χ1) is 10.9. The van der Waals surface area contributed by atoms with Gasteiger partial charge in [-0.15, -0.1) is 0 Å². The highest BCUT2D eigenvalue weighted by atomic mass is 35.5. The normalized spacial score (nSPS) is 37.2. The zero-order chi connectivity index (χ0) is 16.4.